The van der Waals surface area contributed by atoms with E-state index in [-0.39, 0.29) is 11.9 Å². The van der Waals surface area contributed by atoms with Gasteiger partial charge in [-0.05, 0) is 61.7 Å². The fourth-order valence-electron chi connectivity index (χ4n) is 2.42. The Balaban J connectivity index is 1.89. The summed E-state index contributed by atoms with van der Waals surface area (Å²) < 4.78 is 10.9. The molecule has 2 rings (SSSR count). The first-order valence-corrected chi connectivity index (χ1v) is 9.37. The van der Waals surface area contributed by atoms with Crippen molar-refractivity contribution in [3.05, 3.63) is 59.7 Å². The summed E-state index contributed by atoms with van der Waals surface area (Å²) in [6.07, 6.45) is 2.08. The van der Waals surface area contributed by atoms with Crippen LogP contribution in [0, 0.1) is 0 Å². The number of carbonyl (C=O) groups is 2. The fourth-order valence-corrected chi connectivity index (χ4v) is 2.42. The molecule has 2 aromatic rings. The van der Waals surface area contributed by atoms with E-state index in [9.17, 15) is 9.59 Å². The molecule has 1 N–H and O–H groups in total. The number of amides is 1. The van der Waals surface area contributed by atoms with E-state index in [1.165, 1.54) is 0 Å². The lowest BCUT2D eigenvalue weighted by Gasteiger charge is -2.15. The third-order valence-corrected chi connectivity index (χ3v) is 4.11. The zero-order valence-corrected chi connectivity index (χ0v) is 16.2. The molecule has 0 aromatic heterocycles. The van der Waals surface area contributed by atoms with Crippen LogP contribution in [-0.4, -0.2) is 24.6 Å². The number of carbonyl (C=O) groups excluding carboxylic acids is 2. The number of nitrogens with one attached hydrogen (secondary N) is 1. The lowest BCUT2D eigenvalue weighted by atomic mass is 10.1. The Morgan fingerprint density at radius 1 is 1.07 bits per heavy atom. The number of ether oxygens (including phenoxy) is 2. The maximum Gasteiger partial charge on any atom is 0.338 e. The normalized spacial score (nSPS) is 11.5. The van der Waals surface area contributed by atoms with E-state index in [2.05, 4.69) is 12.2 Å². The van der Waals surface area contributed by atoms with Gasteiger partial charge in [0.1, 0.15) is 5.75 Å². The van der Waals surface area contributed by atoms with E-state index in [0.29, 0.717) is 23.6 Å². The van der Waals surface area contributed by atoms with E-state index in [0.717, 1.165) is 24.8 Å². The molecule has 1 unspecified atom stereocenters. The van der Waals surface area contributed by atoms with Gasteiger partial charge in [-0.3, -0.25) is 4.79 Å². The number of esters is 1. The average molecular weight is 369 g/mol. The Morgan fingerprint density at radius 2 is 1.81 bits per heavy atom. The summed E-state index contributed by atoms with van der Waals surface area (Å²) in [6.45, 7) is 6.23. The van der Waals surface area contributed by atoms with E-state index >= 15 is 0 Å². The smallest absolute Gasteiger partial charge is 0.338 e. The van der Waals surface area contributed by atoms with Crippen LogP contribution in [0.15, 0.2) is 48.5 Å². The van der Waals surface area contributed by atoms with Crippen LogP contribution in [0.2, 0.25) is 0 Å². The largest absolute Gasteiger partial charge is 0.481 e. The molecular formula is C22H27NO4. The van der Waals surface area contributed by atoms with Crippen molar-refractivity contribution in [3.63, 3.8) is 0 Å². The Bertz CT molecular complexity index is 755. The van der Waals surface area contributed by atoms with Gasteiger partial charge in [0.15, 0.2) is 6.10 Å². The van der Waals surface area contributed by atoms with Gasteiger partial charge in [0, 0.05) is 5.69 Å². The molecule has 1 atom stereocenters. The van der Waals surface area contributed by atoms with Crippen molar-refractivity contribution in [1.29, 1.82) is 0 Å². The van der Waals surface area contributed by atoms with E-state index < -0.39 is 6.10 Å². The third kappa shape index (κ3) is 6.44. The maximum absolute atomic E-state index is 12.3. The monoisotopic (exact) mass is 369 g/mol. The second-order valence-electron chi connectivity index (χ2n) is 6.32. The van der Waals surface area contributed by atoms with Gasteiger partial charge in [-0.2, -0.15) is 0 Å². The van der Waals surface area contributed by atoms with Gasteiger partial charge in [-0.25, -0.2) is 4.79 Å². The van der Waals surface area contributed by atoms with Gasteiger partial charge in [-0.15, -0.1) is 0 Å². The SMILES string of the molecule is CCCCOC(=O)c1ccc(NC(=O)C(C)Oc2cccc(CC)c2)cc1. The number of unbranched alkanes of at least 4 members (excludes halogenated alkanes) is 1. The lowest BCUT2D eigenvalue weighted by molar-refractivity contribution is -0.122. The minimum Gasteiger partial charge on any atom is -0.481 e. The quantitative estimate of drug-likeness (QED) is 0.518. The van der Waals surface area contributed by atoms with Crippen LogP contribution >= 0.6 is 0 Å². The van der Waals surface area contributed by atoms with Crippen molar-refractivity contribution in [3.8, 4) is 5.75 Å². The summed E-state index contributed by atoms with van der Waals surface area (Å²) >= 11 is 0. The van der Waals surface area contributed by atoms with Gasteiger partial charge in [-0.1, -0.05) is 32.4 Å². The number of benzene rings is 2. The van der Waals surface area contributed by atoms with Gasteiger partial charge in [0.25, 0.3) is 5.91 Å². The third-order valence-electron chi connectivity index (χ3n) is 4.11. The fraction of sp³-hybridized carbons (Fsp3) is 0.364. The molecule has 0 saturated heterocycles. The Hall–Kier alpha value is -2.82. The highest BCUT2D eigenvalue weighted by Gasteiger charge is 2.15. The lowest BCUT2D eigenvalue weighted by Crippen LogP contribution is -2.30. The van der Waals surface area contributed by atoms with Crippen molar-refractivity contribution in [1.82, 2.24) is 0 Å². The molecule has 5 heteroatoms. The highest BCUT2D eigenvalue weighted by atomic mass is 16.5. The molecule has 27 heavy (non-hydrogen) atoms. The molecule has 0 aliphatic rings. The molecule has 0 heterocycles. The van der Waals surface area contributed by atoms with E-state index in [1.807, 2.05) is 31.2 Å². The average Bonchev–Trinajstić information content (AvgIpc) is 2.68. The summed E-state index contributed by atoms with van der Waals surface area (Å²) in [5.41, 5.74) is 2.22. The molecule has 0 radical (unpaired) electrons. The van der Waals surface area contributed by atoms with Crippen molar-refractivity contribution in [2.45, 2.75) is 46.1 Å². The summed E-state index contributed by atoms with van der Waals surface area (Å²) in [5, 5.41) is 2.79. The van der Waals surface area contributed by atoms with Gasteiger partial charge in [0.2, 0.25) is 0 Å². The van der Waals surface area contributed by atoms with Crippen molar-refractivity contribution in [2.75, 3.05) is 11.9 Å². The second-order valence-corrected chi connectivity index (χ2v) is 6.32. The van der Waals surface area contributed by atoms with Crippen molar-refractivity contribution < 1.29 is 19.1 Å². The first-order chi connectivity index (χ1) is 13.0. The predicted molar refractivity (Wildman–Crippen MR) is 106 cm³/mol. The molecule has 2 aromatic carbocycles. The molecular weight excluding hydrogens is 342 g/mol. The van der Waals surface area contributed by atoms with Crippen molar-refractivity contribution in [2.24, 2.45) is 0 Å². The highest BCUT2D eigenvalue weighted by Crippen LogP contribution is 2.17. The zero-order valence-electron chi connectivity index (χ0n) is 16.2. The van der Waals surface area contributed by atoms with Crippen LogP contribution in [0.4, 0.5) is 5.69 Å². The van der Waals surface area contributed by atoms with Crippen LogP contribution in [0.25, 0.3) is 0 Å². The van der Waals surface area contributed by atoms with E-state index in [1.54, 1.807) is 31.2 Å². The molecule has 144 valence electrons. The number of hydrogen-bond donors (Lipinski definition) is 1. The summed E-state index contributed by atoms with van der Waals surface area (Å²) in [4.78, 5) is 24.2. The highest BCUT2D eigenvalue weighted by molar-refractivity contribution is 5.95. The van der Waals surface area contributed by atoms with Gasteiger partial charge >= 0.3 is 5.97 Å². The molecule has 5 nitrogen and oxygen atoms in total. The number of rotatable bonds is 9. The molecule has 0 fully saturated rings. The molecule has 0 aliphatic carbocycles. The number of hydrogen-bond acceptors (Lipinski definition) is 4. The summed E-state index contributed by atoms with van der Waals surface area (Å²) in [5.74, 6) is 0.0613. The van der Waals surface area contributed by atoms with Crippen LogP contribution in [-0.2, 0) is 16.0 Å². The summed E-state index contributed by atoms with van der Waals surface area (Å²) in [7, 11) is 0. The molecule has 0 spiro atoms. The Kier molecular flexibility index (Phi) is 7.86. The molecule has 0 aliphatic heterocycles. The zero-order chi connectivity index (χ0) is 19.6. The van der Waals surface area contributed by atoms with E-state index in [4.69, 9.17) is 9.47 Å². The minimum atomic E-state index is -0.643. The van der Waals surface area contributed by atoms with Gasteiger partial charge < -0.3 is 14.8 Å². The van der Waals surface area contributed by atoms with Crippen molar-refractivity contribution >= 4 is 17.6 Å². The summed E-state index contributed by atoms with van der Waals surface area (Å²) in [6, 6.07) is 14.3. The predicted octanol–water partition coefficient (Wildman–Crippen LogP) is 4.61. The Labute approximate surface area is 160 Å². The standard InChI is InChI=1S/C22H27NO4/c1-4-6-14-26-22(25)18-10-12-19(13-11-18)23-21(24)16(3)27-20-9-7-8-17(5-2)15-20/h7-13,15-16H,4-6,14H2,1-3H3,(H,23,24). The topological polar surface area (TPSA) is 64.6 Å². The second kappa shape index (κ2) is 10.4. The minimum absolute atomic E-state index is 0.254. The number of anilines is 1. The Morgan fingerprint density at radius 3 is 2.48 bits per heavy atom. The molecule has 0 saturated carbocycles. The van der Waals surface area contributed by atoms with Crippen LogP contribution in [0.5, 0.6) is 5.75 Å². The maximum atomic E-state index is 12.3. The van der Waals surface area contributed by atoms with Gasteiger partial charge in [0.05, 0.1) is 12.2 Å². The molecule has 1 amide bonds. The first kappa shape index (κ1) is 20.5. The van der Waals surface area contributed by atoms with Crippen LogP contribution in [0.3, 0.4) is 0 Å². The molecule has 0 bridgehead atoms. The number of aryl methyl sites for hydroxylation is 1. The van der Waals surface area contributed by atoms with Crippen LogP contribution in [0.1, 0.15) is 49.5 Å². The first-order valence-electron chi connectivity index (χ1n) is 9.37. The van der Waals surface area contributed by atoms with Crippen LogP contribution < -0.4 is 10.1 Å².